The molecule has 0 N–H and O–H groups in total. The normalized spacial score (nSPS) is 18.6. The van der Waals surface area contributed by atoms with E-state index in [-0.39, 0.29) is 0 Å². The minimum absolute atomic E-state index is 0.325. The Morgan fingerprint density at radius 1 is 1.35 bits per heavy atom. The van der Waals surface area contributed by atoms with Gasteiger partial charge in [0.25, 0.3) is 0 Å². The van der Waals surface area contributed by atoms with Gasteiger partial charge in [0.2, 0.25) is 0 Å². The van der Waals surface area contributed by atoms with Crippen molar-refractivity contribution in [1.29, 1.82) is 0 Å². The Balaban J connectivity index is 2.13. The molecule has 20 heavy (non-hydrogen) atoms. The summed E-state index contributed by atoms with van der Waals surface area (Å²) in [7, 11) is 0. The topological polar surface area (TPSA) is 17.8 Å². The summed E-state index contributed by atoms with van der Waals surface area (Å²) in [6.07, 6.45) is 9.91. The first kappa shape index (κ1) is 16.5. The van der Waals surface area contributed by atoms with Gasteiger partial charge in [-0.05, 0) is 50.0 Å². The fourth-order valence-electron chi connectivity index (χ4n) is 3.30. The number of alkyl halides is 2. The van der Waals surface area contributed by atoms with Gasteiger partial charge in [-0.1, -0.05) is 51.6 Å². The largest absolute Gasteiger partial charge is 0.270 e. The van der Waals surface area contributed by atoms with Crippen molar-refractivity contribution in [1.82, 2.24) is 9.78 Å². The standard InChI is InChI=1S/C16H26Br2N2/c1-3-13(2)20-9-8-15(19-20)10-16(11-17,12-18)14-6-4-5-7-14/h8-9,13-14H,3-7,10-12H2,1-2H3. The van der Waals surface area contributed by atoms with Gasteiger partial charge in [0.15, 0.2) is 0 Å². The second kappa shape index (κ2) is 7.44. The van der Waals surface area contributed by atoms with E-state index in [1.165, 1.54) is 31.4 Å². The molecule has 1 aromatic rings. The third kappa shape index (κ3) is 3.49. The maximum absolute atomic E-state index is 4.81. The highest BCUT2D eigenvalue weighted by atomic mass is 79.9. The molecule has 4 heteroatoms. The van der Waals surface area contributed by atoms with E-state index in [4.69, 9.17) is 5.10 Å². The zero-order chi connectivity index (χ0) is 14.6. The van der Waals surface area contributed by atoms with Crippen LogP contribution in [0.5, 0.6) is 0 Å². The maximum atomic E-state index is 4.81. The summed E-state index contributed by atoms with van der Waals surface area (Å²) in [6.45, 7) is 4.45. The molecule has 1 atom stereocenters. The van der Waals surface area contributed by atoms with Crippen LogP contribution in [0.3, 0.4) is 0 Å². The van der Waals surface area contributed by atoms with E-state index < -0.39 is 0 Å². The molecule has 1 aliphatic rings. The van der Waals surface area contributed by atoms with E-state index in [1.54, 1.807) is 0 Å². The Kier molecular flexibility index (Phi) is 6.15. The maximum Gasteiger partial charge on any atom is 0.0630 e. The molecular formula is C16H26Br2N2. The van der Waals surface area contributed by atoms with Gasteiger partial charge in [-0.3, -0.25) is 4.68 Å². The van der Waals surface area contributed by atoms with E-state index >= 15 is 0 Å². The molecule has 0 radical (unpaired) electrons. The van der Waals surface area contributed by atoms with Crippen molar-refractivity contribution in [2.45, 2.75) is 58.4 Å². The van der Waals surface area contributed by atoms with Crippen LogP contribution in [0.4, 0.5) is 0 Å². The predicted molar refractivity (Wildman–Crippen MR) is 92.9 cm³/mol. The molecule has 2 nitrogen and oxygen atoms in total. The molecule has 1 aromatic heterocycles. The second-order valence-corrected chi connectivity index (χ2v) is 7.45. The van der Waals surface area contributed by atoms with Gasteiger partial charge >= 0.3 is 0 Å². The van der Waals surface area contributed by atoms with Crippen LogP contribution in [0.15, 0.2) is 12.3 Å². The van der Waals surface area contributed by atoms with Crippen molar-refractivity contribution in [3.63, 3.8) is 0 Å². The van der Waals surface area contributed by atoms with Gasteiger partial charge in [-0.15, -0.1) is 0 Å². The lowest BCUT2D eigenvalue weighted by Crippen LogP contribution is -2.35. The summed E-state index contributed by atoms with van der Waals surface area (Å²) in [4.78, 5) is 0. The lowest BCUT2D eigenvalue weighted by atomic mass is 9.74. The molecule has 0 bridgehead atoms. The summed E-state index contributed by atoms with van der Waals surface area (Å²) < 4.78 is 2.12. The molecule has 0 spiro atoms. The van der Waals surface area contributed by atoms with E-state index in [9.17, 15) is 0 Å². The number of aromatic nitrogens is 2. The third-order valence-electron chi connectivity index (χ3n) is 4.99. The molecule has 1 unspecified atom stereocenters. The first-order valence-electron chi connectivity index (χ1n) is 7.81. The predicted octanol–water partition coefficient (Wildman–Crippen LogP) is 5.36. The minimum atomic E-state index is 0.325. The van der Waals surface area contributed by atoms with Crippen molar-refractivity contribution in [2.24, 2.45) is 11.3 Å². The molecule has 0 aliphatic heterocycles. The number of nitrogens with zero attached hydrogens (tertiary/aromatic N) is 2. The lowest BCUT2D eigenvalue weighted by molar-refractivity contribution is 0.230. The Labute approximate surface area is 140 Å². The highest BCUT2D eigenvalue weighted by molar-refractivity contribution is 9.09. The molecule has 0 saturated heterocycles. The smallest absolute Gasteiger partial charge is 0.0630 e. The number of hydrogen-bond donors (Lipinski definition) is 0. The van der Waals surface area contributed by atoms with Crippen molar-refractivity contribution < 1.29 is 0 Å². The second-order valence-electron chi connectivity index (χ2n) is 6.33. The Bertz CT molecular complexity index is 406. The summed E-state index contributed by atoms with van der Waals surface area (Å²) in [5, 5.41) is 6.93. The quantitative estimate of drug-likeness (QED) is 0.558. The fourth-order valence-corrected chi connectivity index (χ4v) is 5.54. The summed E-state index contributed by atoms with van der Waals surface area (Å²) in [5.41, 5.74) is 1.57. The van der Waals surface area contributed by atoms with Crippen LogP contribution in [0.1, 0.15) is 57.7 Å². The van der Waals surface area contributed by atoms with Crippen molar-refractivity contribution >= 4 is 31.9 Å². The zero-order valence-corrected chi connectivity index (χ0v) is 15.8. The summed E-state index contributed by atoms with van der Waals surface area (Å²) in [5.74, 6) is 0.829. The molecule has 114 valence electrons. The van der Waals surface area contributed by atoms with Gasteiger partial charge < -0.3 is 0 Å². The highest BCUT2D eigenvalue weighted by Crippen LogP contribution is 2.44. The van der Waals surface area contributed by atoms with Gasteiger partial charge in [0.05, 0.1) is 5.69 Å². The molecule has 0 aromatic carbocycles. The van der Waals surface area contributed by atoms with Crippen LogP contribution in [0.2, 0.25) is 0 Å². The van der Waals surface area contributed by atoms with E-state index in [0.717, 1.165) is 29.4 Å². The number of rotatable bonds is 7. The summed E-state index contributed by atoms with van der Waals surface area (Å²) >= 11 is 7.57. The van der Waals surface area contributed by atoms with Gasteiger partial charge in [0, 0.05) is 22.9 Å². The lowest BCUT2D eigenvalue weighted by Gasteiger charge is -2.36. The SMILES string of the molecule is CCC(C)n1ccc(CC(CBr)(CBr)C2CCCC2)n1. The van der Waals surface area contributed by atoms with E-state index in [2.05, 4.69) is 62.7 Å². The van der Waals surface area contributed by atoms with Crippen LogP contribution in [-0.2, 0) is 6.42 Å². The van der Waals surface area contributed by atoms with Gasteiger partial charge in [-0.2, -0.15) is 5.10 Å². The first-order valence-corrected chi connectivity index (χ1v) is 10.1. The van der Waals surface area contributed by atoms with Gasteiger partial charge in [0.1, 0.15) is 0 Å². The van der Waals surface area contributed by atoms with Crippen LogP contribution < -0.4 is 0 Å². The van der Waals surface area contributed by atoms with Crippen LogP contribution >= 0.6 is 31.9 Å². The average molecular weight is 406 g/mol. The molecule has 1 aliphatic carbocycles. The van der Waals surface area contributed by atoms with Gasteiger partial charge in [-0.25, -0.2) is 0 Å². The monoisotopic (exact) mass is 404 g/mol. The molecule has 1 saturated carbocycles. The molecule has 1 fully saturated rings. The van der Waals surface area contributed by atoms with Crippen molar-refractivity contribution in [2.75, 3.05) is 10.7 Å². The zero-order valence-electron chi connectivity index (χ0n) is 12.6. The number of halogens is 2. The van der Waals surface area contributed by atoms with Crippen molar-refractivity contribution in [3.05, 3.63) is 18.0 Å². The number of hydrogen-bond acceptors (Lipinski definition) is 1. The Morgan fingerprint density at radius 3 is 2.55 bits per heavy atom. The summed E-state index contributed by atoms with van der Waals surface area (Å²) in [6, 6.07) is 2.71. The Hall–Kier alpha value is 0.170. The van der Waals surface area contributed by atoms with Crippen LogP contribution in [-0.4, -0.2) is 20.4 Å². The van der Waals surface area contributed by atoms with Crippen molar-refractivity contribution in [3.8, 4) is 0 Å². The Morgan fingerprint density at radius 2 is 2.00 bits per heavy atom. The molecular weight excluding hydrogens is 380 g/mol. The van der Waals surface area contributed by atoms with E-state index in [1.807, 2.05) is 0 Å². The fraction of sp³-hybridized carbons (Fsp3) is 0.812. The molecule has 1 heterocycles. The van der Waals surface area contributed by atoms with Crippen LogP contribution in [0.25, 0.3) is 0 Å². The van der Waals surface area contributed by atoms with Crippen LogP contribution in [0, 0.1) is 11.3 Å². The third-order valence-corrected chi connectivity index (χ3v) is 7.23. The first-order chi connectivity index (χ1) is 9.65. The molecule has 2 rings (SSSR count). The minimum Gasteiger partial charge on any atom is -0.270 e. The molecule has 0 amide bonds. The average Bonchev–Trinajstić information content (AvgIpc) is 3.15. The highest BCUT2D eigenvalue weighted by Gasteiger charge is 2.39. The van der Waals surface area contributed by atoms with E-state index in [0.29, 0.717) is 11.5 Å².